The van der Waals surface area contributed by atoms with Gasteiger partial charge in [-0.2, -0.15) is 0 Å². The molecule has 0 bridgehead atoms. The molecule has 2 heterocycles. The van der Waals surface area contributed by atoms with Gasteiger partial charge in [0.05, 0.1) is 32.2 Å². The number of ketones is 1. The summed E-state index contributed by atoms with van der Waals surface area (Å²) in [4.78, 5) is 24.1. The van der Waals surface area contributed by atoms with E-state index in [1.54, 1.807) is 18.4 Å². The molecule has 0 amide bonds. The van der Waals surface area contributed by atoms with E-state index < -0.39 is 19.5 Å². The topological polar surface area (TPSA) is 142 Å². The van der Waals surface area contributed by atoms with Crippen molar-refractivity contribution in [2.75, 3.05) is 25.1 Å². The van der Waals surface area contributed by atoms with Crippen LogP contribution in [0.3, 0.4) is 0 Å². The molecule has 0 radical (unpaired) electrons. The van der Waals surface area contributed by atoms with Gasteiger partial charge in [0.2, 0.25) is 0 Å². The molecule has 0 aliphatic carbocycles. The van der Waals surface area contributed by atoms with Crippen molar-refractivity contribution >= 4 is 30.4 Å². The van der Waals surface area contributed by atoms with E-state index in [-0.39, 0.29) is 38.2 Å². The monoisotopic (exact) mass is 371 g/mol. The summed E-state index contributed by atoms with van der Waals surface area (Å²) in [6.07, 6.45) is 1.20. The number of carbonyl (C=O) groups is 1. The number of rotatable bonds is 10. The molecule has 1 atom stereocenters. The Hall–Kier alpha value is -1.87. The van der Waals surface area contributed by atoms with Crippen molar-refractivity contribution < 1.29 is 23.5 Å². The van der Waals surface area contributed by atoms with E-state index in [4.69, 9.17) is 14.8 Å². The Labute approximate surface area is 144 Å². The number of nitrogen functional groups attached to an aromatic ring is 1. The zero-order valence-corrected chi connectivity index (χ0v) is 15.1. The molecule has 2 aromatic rings. The Morgan fingerprint density at radius 1 is 1.32 bits per heavy atom. The molecule has 0 fully saturated rings. The van der Waals surface area contributed by atoms with Gasteiger partial charge in [0.25, 0.3) is 0 Å². The number of nitrogens with zero attached hydrogens (tertiary/aromatic N) is 4. The largest absolute Gasteiger partial charge is 0.391 e. The smallest absolute Gasteiger partial charge is 0.338 e. The lowest BCUT2D eigenvalue weighted by atomic mass is 10.2. The zero-order chi connectivity index (χ0) is 18.4. The number of carbonyl (C=O) groups excluding carboxylic acids is 1. The van der Waals surface area contributed by atoms with Crippen LogP contribution in [0.15, 0.2) is 12.7 Å². The minimum Gasteiger partial charge on any atom is -0.391 e. The fourth-order valence-corrected chi connectivity index (χ4v) is 3.99. The van der Waals surface area contributed by atoms with Gasteiger partial charge in [-0.1, -0.05) is 0 Å². The third-order valence-electron chi connectivity index (χ3n) is 3.32. The van der Waals surface area contributed by atoms with Crippen molar-refractivity contribution in [3.05, 3.63) is 12.7 Å². The molecule has 0 aliphatic heterocycles. The van der Waals surface area contributed by atoms with E-state index in [0.29, 0.717) is 11.2 Å². The highest BCUT2D eigenvalue weighted by molar-refractivity contribution is 7.54. The molecule has 10 nitrogen and oxygen atoms in total. The third-order valence-corrected chi connectivity index (χ3v) is 5.37. The number of hydrogen-bond donors (Lipinski definition) is 2. The summed E-state index contributed by atoms with van der Waals surface area (Å²) in [7, 11) is -3.46. The van der Waals surface area contributed by atoms with Crippen molar-refractivity contribution in [3.63, 3.8) is 0 Å². The van der Waals surface area contributed by atoms with Crippen molar-refractivity contribution in [2.45, 2.75) is 32.9 Å². The van der Waals surface area contributed by atoms with E-state index >= 15 is 0 Å². The molecule has 0 spiro atoms. The molecule has 0 aliphatic rings. The van der Waals surface area contributed by atoms with Gasteiger partial charge in [0, 0.05) is 6.42 Å². The van der Waals surface area contributed by atoms with Crippen LogP contribution in [-0.4, -0.2) is 55.9 Å². The van der Waals surface area contributed by atoms with Crippen molar-refractivity contribution in [1.82, 2.24) is 19.5 Å². The number of nitrogens with two attached hydrogens (primary N) is 1. The van der Waals surface area contributed by atoms with Gasteiger partial charge >= 0.3 is 7.60 Å². The number of hydrogen-bond acceptors (Lipinski definition) is 9. The van der Waals surface area contributed by atoms with E-state index in [9.17, 15) is 14.5 Å². The maximum atomic E-state index is 12.3. The average molecular weight is 371 g/mol. The van der Waals surface area contributed by atoms with Crippen LogP contribution in [0.2, 0.25) is 0 Å². The highest BCUT2D eigenvalue weighted by Gasteiger charge is 2.28. The van der Waals surface area contributed by atoms with Gasteiger partial charge in [0.15, 0.2) is 11.5 Å². The first-order chi connectivity index (χ1) is 11.9. The van der Waals surface area contributed by atoms with E-state index in [0.717, 1.165) is 0 Å². The van der Waals surface area contributed by atoms with E-state index in [2.05, 4.69) is 15.0 Å². The molecule has 138 valence electrons. The van der Waals surface area contributed by atoms with Crippen LogP contribution in [0.1, 0.15) is 20.3 Å². The highest BCUT2D eigenvalue weighted by atomic mass is 31.2. The third kappa shape index (κ3) is 5.05. The second-order valence-corrected chi connectivity index (χ2v) is 7.38. The first kappa shape index (κ1) is 19.5. The van der Waals surface area contributed by atoms with Gasteiger partial charge in [-0.05, 0) is 13.8 Å². The first-order valence-electron chi connectivity index (χ1n) is 7.87. The van der Waals surface area contributed by atoms with Crippen LogP contribution in [-0.2, 0) is 25.0 Å². The number of anilines is 1. The summed E-state index contributed by atoms with van der Waals surface area (Å²) >= 11 is 0. The maximum Gasteiger partial charge on any atom is 0.338 e. The molecule has 0 saturated heterocycles. The Kier molecular flexibility index (Phi) is 6.60. The summed E-state index contributed by atoms with van der Waals surface area (Å²) in [6.45, 7) is 3.78. The number of Topliss-reactive ketones (excluding diaryl/α,β-unsaturated/α-hetero) is 1. The lowest BCUT2D eigenvalue weighted by Gasteiger charge is -2.17. The van der Waals surface area contributed by atoms with Crippen LogP contribution in [0, 0.1) is 0 Å². The Morgan fingerprint density at radius 3 is 2.64 bits per heavy atom. The lowest BCUT2D eigenvalue weighted by Crippen LogP contribution is -2.22. The second-order valence-electron chi connectivity index (χ2n) is 5.33. The van der Waals surface area contributed by atoms with E-state index in [1.807, 2.05) is 0 Å². The molecule has 11 heteroatoms. The highest BCUT2D eigenvalue weighted by Crippen LogP contribution is 2.48. The summed E-state index contributed by atoms with van der Waals surface area (Å²) in [5.74, 6) is -0.167. The summed E-state index contributed by atoms with van der Waals surface area (Å²) in [6, 6.07) is 0. The van der Waals surface area contributed by atoms with Crippen LogP contribution in [0.5, 0.6) is 0 Å². The van der Waals surface area contributed by atoms with Gasteiger partial charge < -0.3 is 24.5 Å². The number of fused-ring (bicyclic) bond motifs is 1. The minimum absolute atomic E-state index is 0.0895. The standard InChI is InChI=1S/C14H22N5O5P/c1-3-23-25(22,24-4-2)7-11(21)5-10(20)6-19-9-18-12-13(15)16-8-17-14(12)19/h8-10,20H,3-7H2,1-2H3,(H2,15,16,17). The van der Waals surface area contributed by atoms with Gasteiger partial charge in [-0.15, -0.1) is 0 Å². The Balaban J connectivity index is 1.99. The maximum absolute atomic E-state index is 12.3. The average Bonchev–Trinajstić information content (AvgIpc) is 2.91. The predicted molar refractivity (Wildman–Crippen MR) is 91.1 cm³/mol. The van der Waals surface area contributed by atoms with E-state index in [1.165, 1.54) is 12.7 Å². The molecule has 3 N–H and O–H groups in total. The molecule has 2 rings (SSSR count). The van der Waals surface area contributed by atoms with Crippen LogP contribution in [0.4, 0.5) is 5.82 Å². The number of aromatic nitrogens is 4. The zero-order valence-electron chi connectivity index (χ0n) is 14.2. The second kappa shape index (κ2) is 8.48. The predicted octanol–water partition coefficient (Wildman–Crippen LogP) is 0.995. The molecular weight excluding hydrogens is 349 g/mol. The molecule has 0 saturated carbocycles. The molecule has 2 aromatic heterocycles. The van der Waals surface area contributed by atoms with Crippen LogP contribution >= 0.6 is 7.60 Å². The van der Waals surface area contributed by atoms with Crippen molar-refractivity contribution in [2.24, 2.45) is 0 Å². The van der Waals surface area contributed by atoms with Gasteiger partial charge in [-0.25, -0.2) is 15.0 Å². The minimum atomic E-state index is -3.46. The molecule has 1 unspecified atom stereocenters. The number of aliphatic hydroxyl groups is 1. The lowest BCUT2D eigenvalue weighted by molar-refractivity contribution is -0.118. The summed E-state index contributed by atoms with van der Waals surface area (Å²) in [5.41, 5.74) is 6.60. The molecule has 25 heavy (non-hydrogen) atoms. The molecular formula is C14H22N5O5P. The first-order valence-corrected chi connectivity index (χ1v) is 9.60. The van der Waals surface area contributed by atoms with Gasteiger partial charge in [0.1, 0.15) is 23.8 Å². The van der Waals surface area contributed by atoms with Gasteiger partial charge in [-0.3, -0.25) is 9.36 Å². The van der Waals surface area contributed by atoms with Crippen LogP contribution in [0.25, 0.3) is 11.2 Å². The summed E-state index contributed by atoms with van der Waals surface area (Å²) in [5, 5.41) is 10.2. The summed E-state index contributed by atoms with van der Waals surface area (Å²) < 4.78 is 24.1. The SMILES string of the molecule is CCOP(=O)(CC(=O)CC(O)Cn1cnc2c(N)ncnc21)OCC. The van der Waals surface area contributed by atoms with Crippen molar-refractivity contribution in [1.29, 1.82) is 0 Å². The molecule has 0 aromatic carbocycles. The Bertz CT molecular complexity index is 770. The fourth-order valence-electron chi connectivity index (χ4n) is 2.39. The Morgan fingerprint density at radius 2 is 2.00 bits per heavy atom. The quantitative estimate of drug-likeness (QED) is 0.584. The van der Waals surface area contributed by atoms with Crippen molar-refractivity contribution in [3.8, 4) is 0 Å². The number of imidazole rings is 1. The number of aliphatic hydroxyl groups excluding tert-OH is 1. The fraction of sp³-hybridized carbons (Fsp3) is 0.571. The normalized spacial score (nSPS) is 13.2. The van der Waals surface area contributed by atoms with Crippen LogP contribution < -0.4 is 5.73 Å².